The molecule has 0 aliphatic rings. The third-order valence-electron chi connectivity index (χ3n) is 5.34. The number of rotatable bonds is 5. The Hall–Kier alpha value is -4.00. The van der Waals surface area contributed by atoms with Crippen molar-refractivity contribution in [3.8, 4) is 17.0 Å². The van der Waals surface area contributed by atoms with E-state index in [0.717, 1.165) is 33.6 Å². The smallest absolute Gasteiger partial charge is 0.186 e. The van der Waals surface area contributed by atoms with Crippen LogP contribution < -0.4 is 10.1 Å². The van der Waals surface area contributed by atoms with Crippen molar-refractivity contribution in [1.29, 1.82) is 0 Å². The summed E-state index contributed by atoms with van der Waals surface area (Å²) >= 11 is 0. The van der Waals surface area contributed by atoms with E-state index in [-0.39, 0.29) is 11.9 Å². The summed E-state index contributed by atoms with van der Waals surface area (Å²) in [5.41, 5.74) is 3.96. The number of methoxy groups -OCH3 is 1. The second-order valence-corrected chi connectivity index (χ2v) is 7.30. The first-order chi connectivity index (χ1) is 15.1. The molecule has 154 valence electrons. The highest BCUT2D eigenvalue weighted by atomic mass is 19.1. The van der Waals surface area contributed by atoms with Crippen molar-refractivity contribution in [2.24, 2.45) is 0 Å². The van der Waals surface area contributed by atoms with Gasteiger partial charge < -0.3 is 10.1 Å². The van der Waals surface area contributed by atoms with Crippen molar-refractivity contribution >= 4 is 22.4 Å². The topological polar surface area (TPSA) is 64.3 Å². The van der Waals surface area contributed by atoms with Crippen LogP contribution in [0.4, 0.5) is 10.2 Å². The van der Waals surface area contributed by atoms with Crippen LogP contribution in [-0.2, 0) is 0 Å². The Morgan fingerprint density at radius 2 is 1.71 bits per heavy atom. The molecule has 7 heteroatoms. The van der Waals surface area contributed by atoms with Crippen LogP contribution in [0, 0.1) is 5.82 Å². The molecule has 2 aromatic heterocycles. The van der Waals surface area contributed by atoms with Crippen molar-refractivity contribution in [2.45, 2.75) is 13.0 Å². The lowest BCUT2D eigenvalue weighted by Gasteiger charge is -2.17. The second-order valence-electron chi connectivity index (χ2n) is 7.30. The molecule has 0 aliphatic heterocycles. The number of aromatic nitrogens is 4. The quantitative estimate of drug-likeness (QED) is 0.425. The summed E-state index contributed by atoms with van der Waals surface area (Å²) < 4.78 is 20.4. The highest BCUT2D eigenvalue weighted by Gasteiger charge is 2.17. The number of hydrogen-bond donors (Lipinski definition) is 1. The molecule has 0 saturated carbocycles. The van der Waals surface area contributed by atoms with Gasteiger partial charge in [0.2, 0.25) is 0 Å². The summed E-state index contributed by atoms with van der Waals surface area (Å²) in [4.78, 5) is 4.87. The van der Waals surface area contributed by atoms with Crippen molar-refractivity contribution in [2.75, 3.05) is 12.4 Å². The van der Waals surface area contributed by atoms with Gasteiger partial charge in [0, 0.05) is 17.0 Å². The number of hydrogen-bond acceptors (Lipinski definition) is 5. The molecule has 5 aromatic rings. The average molecular weight is 413 g/mol. The van der Waals surface area contributed by atoms with E-state index in [1.807, 2.05) is 48.5 Å². The molecule has 1 N–H and O–H groups in total. The number of ether oxygens (including phenoxy) is 1. The lowest BCUT2D eigenvalue weighted by molar-refractivity contribution is 0.414. The third-order valence-corrected chi connectivity index (χ3v) is 5.34. The summed E-state index contributed by atoms with van der Waals surface area (Å²) in [6.45, 7) is 2.08. The molecular formula is C24H20FN5O. The van der Waals surface area contributed by atoms with E-state index in [9.17, 15) is 4.39 Å². The van der Waals surface area contributed by atoms with E-state index >= 15 is 0 Å². The van der Waals surface area contributed by atoms with Crippen LogP contribution in [0.5, 0.6) is 5.75 Å². The molecular weight excluding hydrogens is 393 g/mol. The Morgan fingerprint density at radius 3 is 2.45 bits per heavy atom. The molecule has 0 fully saturated rings. The Labute approximate surface area is 178 Å². The molecule has 31 heavy (non-hydrogen) atoms. The maximum absolute atomic E-state index is 13.4. The van der Waals surface area contributed by atoms with Gasteiger partial charge in [-0.3, -0.25) is 0 Å². The number of fused-ring (bicyclic) bond motifs is 3. The van der Waals surface area contributed by atoms with Crippen molar-refractivity contribution in [3.05, 3.63) is 84.2 Å². The van der Waals surface area contributed by atoms with Gasteiger partial charge >= 0.3 is 0 Å². The zero-order chi connectivity index (χ0) is 21.4. The lowest BCUT2D eigenvalue weighted by atomic mass is 10.1. The molecule has 0 aliphatic carbocycles. The number of benzene rings is 3. The molecule has 6 nitrogen and oxygen atoms in total. The molecule has 5 rings (SSSR count). The number of nitrogens with zero attached hydrogens (tertiary/aromatic N) is 4. The summed E-state index contributed by atoms with van der Waals surface area (Å²) in [7, 11) is 1.65. The fourth-order valence-corrected chi connectivity index (χ4v) is 3.65. The van der Waals surface area contributed by atoms with Gasteiger partial charge in [-0.15, -0.1) is 5.10 Å². The summed E-state index contributed by atoms with van der Waals surface area (Å²) in [6, 6.07) is 22.0. The van der Waals surface area contributed by atoms with Crippen LogP contribution in [0.15, 0.2) is 72.8 Å². The van der Waals surface area contributed by atoms with Gasteiger partial charge in [-0.1, -0.05) is 29.5 Å². The van der Waals surface area contributed by atoms with Crippen LogP contribution in [0.3, 0.4) is 0 Å². The third kappa shape index (κ3) is 3.44. The summed E-state index contributed by atoms with van der Waals surface area (Å²) in [6.07, 6.45) is 0. The number of para-hydroxylation sites is 1. The first-order valence-electron chi connectivity index (χ1n) is 9.94. The average Bonchev–Trinajstić information content (AvgIpc) is 3.24. The summed E-state index contributed by atoms with van der Waals surface area (Å²) in [5.74, 6) is 1.25. The Kier molecular flexibility index (Phi) is 4.71. The van der Waals surface area contributed by atoms with Gasteiger partial charge in [-0.05, 0) is 61.0 Å². The Bertz CT molecular complexity index is 1360. The Morgan fingerprint density at radius 1 is 0.968 bits per heavy atom. The molecule has 0 bridgehead atoms. The lowest BCUT2D eigenvalue weighted by Crippen LogP contribution is -2.09. The van der Waals surface area contributed by atoms with E-state index in [1.54, 1.807) is 23.8 Å². The van der Waals surface area contributed by atoms with Crippen molar-refractivity contribution in [1.82, 2.24) is 19.8 Å². The molecule has 0 spiro atoms. The highest BCUT2D eigenvalue weighted by Crippen LogP contribution is 2.30. The first-order valence-corrected chi connectivity index (χ1v) is 9.94. The van der Waals surface area contributed by atoms with Crippen molar-refractivity contribution in [3.63, 3.8) is 0 Å². The minimum Gasteiger partial charge on any atom is -0.497 e. The molecule has 0 amide bonds. The fraction of sp³-hybridized carbons (Fsp3) is 0.125. The minimum absolute atomic E-state index is 0.00872. The monoisotopic (exact) mass is 413 g/mol. The molecule has 0 unspecified atom stereocenters. The highest BCUT2D eigenvalue weighted by molar-refractivity contribution is 5.93. The standard InChI is InChI=1S/C24H20FN5O/c1-15(16-9-13-19(31-2)14-10-16)26-23-20-5-3-4-6-21(20)30-24(27-23)22(28-29-30)17-7-11-18(25)12-8-17/h3-15H,1-2H3,(H,26,27)/t15-/m0/s1. The molecule has 1 atom stereocenters. The second kappa shape index (κ2) is 7.68. The summed E-state index contributed by atoms with van der Waals surface area (Å²) in [5, 5.41) is 13.1. The molecule has 2 heterocycles. The maximum Gasteiger partial charge on any atom is 0.186 e. The van der Waals surface area contributed by atoms with E-state index in [4.69, 9.17) is 9.72 Å². The van der Waals surface area contributed by atoms with Crippen LogP contribution in [-0.4, -0.2) is 26.9 Å². The predicted molar refractivity (Wildman–Crippen MR) is 119 cm³/mol. The number of halogens is 1. The van der Waals surface area contributed by atoms with E-state index in [2.05, 4.69) is 22.6 Å². The van der Waals surface area contributed by atoms with Gasteiger partial charge in [0.15, 0.2) is 5.65 Å². The molecule has 0 saturated heterocycles. The zero-order valence-corrected chi connectivity index (χ0v) is 17.1. The predicted octanol–water partition coefficient (Wildman–Crippen LogP) is 5.27. The first kappa shape index (κ1) is 19.0. The number of nitrogens with one attached hydrogen (secondary N) is 1. The van der Waals surface area contributed by atoms with Gasteiger partial charge in [0.25, 0.3) is 0 Å². The maximum atomic E-state index is 13.4. The van der Waals surface area contributed by atoms with Gasteiger partial charge in [0.1, 0.15) is 23.1 Å². The fourth-order valence-electron chi connectivity index (χ4n) is 3.65. The van der Waals surface area contributed by atoms with Gasteiger partial charge in [0.05, 0.1) is 12.6 Å². The molecule has 3 aromatic carbocycles. The normalized spacial score (nSPS) is 12.2. The van der Waals surface area contributed by atoms with Crippen LogP contribution in [0.25, 0.3) is 27.8 Å². The largest absolute Gasteiger partial charge is 0.497 e. The minimum atomic E-state index is -0.297. The Balaban J connectivity index is 1.62. The van der Waals surface area contributed by atoms with Crippen LogP contribution in [0.1, 0.15) is 18.5 Å². The van der Waals surface area contributed by atoms with E-state index in [0.29, 0.717) is 11.3 Å². The van der Waals surface area contributed by atoms with Gasteiger partial charge in [-0.25, -0.2) is 9.37 Å². The van der Waals surface area contributed by atoms with E-state index in [1.165, 1.54) is 12.1 Å². The number of anilines is 1. The van der Waals surface area contributed by atoms with Gasteiger partial charge in [-0.2, -0.15) is 4.52 Å². The SMILES string of the molecule is COc1ccc([C@H](C)Nc2nc3c(-c4ccc(F)cc4)nnn3c3ccccc23)cc1. The van der Waals surface area contributed by atoms with E-state index < -0.39 is 0 Å². The molecule has 0 radical (unpaired) electrons. The zero-order valence-electron chi connectivity index (χ0n) is 17.1. The van der Waals surface area contributed by atoms with Crippen LogP contribution >= 0.6 is 0 Å². The van der Waals surface area contributed by atoms with Crippen LogP contribution in [0.2, 0.25) is 0 Å². The van der Waals surface area contributed by atoms with Crippen molar-refractivity contribution < 1.29 is 9.13 Å².